The van der Waals surface area contributed by atoms with Crippen molar-refractivity contribution in [2.45, 2.75) is 76.4 Å². The van der Waals surface area contributed by atoms with Crippen LogP contribution in [0, 0.1) is 11.6 Å². The summed E-state index contributed by atoms with van der Waals surface area (Å²) in [6.07, 6.45) is 10.1. The molecule has 2 aliphatic rings. The molecular formula is C34H34F2N2O2. The third kappa shape index (κ3) is 5.58. The molecule has 1 aromatic heterocycles. The summed E-state index contributed by atoms with van der Waals surface area (Å²) in [5.74, 6) is -1.09. The molecule has 1 amide bonds. The SMILES string of the molecule is O=C(NCc1ccc(F)c(F)c1)c1c(C2CCCCC2)c(-c2ccccc2)nc2cc(OC3CCCC3)ccc12. The molecule has 3 aromatic carbocycles. The van der Waals surface area contributed by atoms with Crippen molar-refractivity contribution >= 4 is 16.8 Å². The lowest BCUT2D eigenvalue weighted by Crippen LogP contribution is -2.26. The van der Waals surface area contributed by atoms with E-state index in [-0.39, 0.29) is 24.5 Å². The number of carbonyl (C=O) groups excluding carboxylic acids is 1. The zero-order valence-electron chi connectivity index (χ0n) is 22.6. The van der Waals surface area contributed by atoms with Crippen molar-refractivity contribution < 1.29 is 18.3 Å². The summed E-state index contributed by atoms with van der Waals surface area (Å²) in [6.45, 7) is 0.0908. The minimum Gasteiger partial charge on any atom is -0.490 e. The van der Waals surface area contributed by atoms with Crippen LogP contribution in [0.2, 0.25) is 0 Å². The van der Waals surface area contributed by atoms with Crippen LogP contribution in [0.15, 0.2) is 66.7 Å². The van der Waals surface area contributed by atoms with Crippen LogP contribution in [-0.2, 0) is 6.54 Å². The molecule has 1 heterocycles. The van der Waals surface area contributed by atoms with Crippen LogP contribution in [0.3, 0.4) is 0 Å². The lowest BCUT2D eigenvalue weighted by Gasteiger charge is -2.27. The average Bonchev–Trinajstić information content (AvgIpc) is 3.50. The van der Waals surface area contributed by atoms with E-state index in [1.165, 1.54) is 25.3 Å². The maximum atomic E-state index is 14.1. The van der Waals surface area contributed by atoms with Gasteiger partial charge in [0, 0.05) is 23.6 Å². The fourth-order valence-corrected chi connectivity index (χ4v) is 6.30. The van der Waals surface area contributed by atoms with Crippen LogP contribution in [0.4, 0.5) is 8.78 Å². The Morgan fingerprint density at radius 2 is 1.60 bits per heavy atom. The van der Waals surface area contributed by atoms with Gasteiger partial charge in [-0.2, -0.15) is 0 Å². The van der Waals surface area contributed by atoms with Crippen LogP contribution in [-0.4, -0.2) is 17.0 Å². The number of nitrogens with one attached hydrogen (secondary N) is 1. The summed E-state index contributed by atoms with van der Waals surface area (Å²) in [6, 6.07) is 19.6. The van der Waals surface area contributed by atoms with Gasteiger partial charge in [0.25, 0.3) is 5.91 Å². The molecule has 4 nitrogen and oxygen atoms in total. The Labute approximate surface area is 233 Å². The van der Waals surface area contributed by atoms with E-state index in [0.29, 0.717) is 16.6 Å². The number of ether oxygens (including phenoxy) is 1. The third-order valence-electron chi connectivity index (χ3n) is 8.32. The first-order chi connectivity index (χ1) is 19.6. The van der Waals surface area contributed by atoms with E-state index >= 15 is 0 Å². The number of hydrogen-bond acceptors (Lipinski definition) is 3. The summed E-state index contributed by atoms with van der Waals surface area (Å²) in [4.78, 5) is 19.2. The number of fused-ring (bicyclic) bond motifs is 1. The maximum absolute atomic E-state index is 14.1. The van der Waals surface area contributed by atoms with Gasteiger partial charge in [0.15, 0.2) is 11.6 Å². The van der Waals surface area contributed by atoms with Gasteiger partial charge in [0.05, 0.1) is 22.9 Å². The number of benzene rings is 3. The highest BCUT2D eigenvalue weighted by Gasteiger charge is 2.29. The molecule has 0 radical (unpaired) electrons. The molecular weight excluding hydrogens is 506 g/mol. The van der Waals surface area contributed by atoms with Crippen molar-refractivity contribution in [3.8, 4) is 17.0 Å². The first kappa shape index (κ1) is 26.4. The van der Waals surface area contributed by atoms with Crippen LogP contribution in [0.1, 0.15) is 85.2 Å². The van der Waals surface area contributed by atoms with Crippen LogP contribution in [0.25, 0.3) is 22.2 Å². The van der Waals surface area contributed by atoms with E-state index in [1.54, 1.807) is 0 Å². The fourth-order valence-electron chi connectivity index (χ4n) is 6.30. The predicted molar refractivity (Wildman–Crippen MR) is 153 cm³/mol. The molecule has 6 heteroatoms. The number of rotatable bonds is 7. The molecule has 0 spiro atoms. The van der Waals surface area contributed by atoms with Gasteiger partial charge in [-0.15, -0.1) is 0 Å². The Morgan fingerprint density at radius 3 is 2.35 bits per heavy atom. The van der Waals surface area contributed by atoms with Crippen molar-refractivity contribution in [3.63, 3.8) is 0 Å². The highest BCUT2D eigenvalue weighted by molar-refractivity contribution is 6.09. The van der Waals surface area contributed by atoms with Crippen molar-refractivity contribution in [2.75, 3.05) is 0 Å². The number of halogens is 2. The molecule has 0 bridgehead atoms. The van der Waals surface area contributed by atoms with Gasteiger partial charge in [-0.3, -0.25) is 4.79 Å². The van der Waals surface area contributed by atoms with Crippen molar-refractivity contribution in [3.05, 3.63) is 95.1 Å². The third-order valence-corrected chi connectivity index (χ3v) is 8.32. The molecule has 2 fully saturated rings. The minimum atomic E-state index is -0.926. The van der Waals surface area contributed by atoms with Gasteiger partial charge in [0.1, 0.15) is 5.75 Å². The molecule has 40 heavy (non-hydrogen) atoms. The molecule has 6 rings (SSSR count). The molecule has 1 N–H and O–H groups in total. The zero-order chi connectivity index (χ0) is 27.5. The number of carbonyl (C=O) groups is 1. The number of aromatic nitrogens is 1. The Kier molecular flexibility index (Phi) is 7.76. The molecule has 0 atom stereocenters. The highest BCUT2D eigenvalue weighted by atomic mass is 19.2. The van der Waals surface area contributed by atoms with Crippen molar-refractivity contribution in [1.29, 1.82) is 0 Å². The van der Waals surface area contributed by atoms with Gasteiger partial charge in [0.2, 0.25) is 0 Å². The van der Waals surface area contributed by atoms with Gasteiger partial charge in [-0.05, 0) is 79.8 Å². The summed E-state index contributed by atoms with van der Waals surface area (Å²) >= 11 is 0. The van der Waals surface area contributed by atoms with Gasteiger partial charge < -0.3 is 10.1 Å². The van der Waals surface area contributed by atoms with Gasteiger partial charge >= 0.3 is 0 Å². The fraction of sp³-hybridized carbons (Fsp3) is 0.353. The average molecular weight is 541 g/mol. The largest absolute Gasteiger partial charge is 0.490 e. The topological polar surface area (TPSA) is 51.2 Å². The first-order valence-corrected chi connectivity index (χ1v) is 14.5. The normalized spacial score (nSPS) is 16.4. The van der Waals surface area contributed by atoms with Crippen LogP contribution >= 0.6 is 0 Å². The lowest BCUT2D eigenvalue weighted by molar-refractivity contribution is 0.0950. The maximum Gasteiger partial charge on any atom is 0.252 e. The Balaban J connectivity index is 1.47. The summed E-state index contributed by atoms with van der Waals surface area (Å²) in [7, 11) is 0. The number of pyridine rings is 1. The standard InChI is InChI=1S/C34H34F2N2O2/c35-28-18-15-22(19-29(28)36)21-37-34(39)32-27-17-16-26(40-25-13-7-8-14-25)20-30(27)38-33(24-11-5-2-6-12-24)31(32)23-9-3-1-4-10-23/h2,5-6,11-12,15-20,23,25H,1,3-4,7-10,13-14,21H2,(H,37,39). The van der Waals surface area contributed by atoms with Gasteiger partial charge in [-0.25, -0.2) is 13.8 Å². The molecule has 206 valence electrons. The second-order valence-corrected chi connectivity index (χ2v) is 11.1. The number of amides is 1. The number of hydrogen-bond donors (Lipinski definition) is 1. The van der Waals surface area contributed by atoms with Gasteiger partial charge in [-0.1, -0.05) is 55.7 Å². The summed E-state index contributed by atoms with van der Waals surface area (Å²) in [5.41, 5.74) is 4.61. The van der Waals surface area contributed by atoms with Crippen LogP contribution < -0.4 is 10.1 Å². The van der Waals surface area contributed by atoms with E-state index in [4.69, 9.17) is 9.72 Å². The number of nitrogens with zero attached hydrogens (tertiary/aromatic N) is 1. The second-order valence-electron chi connectivity index (χ2n) is 11.1. The predicted octanol–water partition coefficient (Wildman–Crippen LogP) is 8.48. The molecule has 2 saturated carbocycles. The Bertz CT molecular complexity index is 1510. The molecule has 0 aliphatic heterocycles. The summed E-state index contributed by atoms with van der Waals surface area (Å²) in [5, 5.41) is 3.78. The second kappa shape index (κ2) is 11.7. The molecule has 4 aromatic rings. The quantitative estimate of drug-likeness (QED) is 0.256. The van der Waals surface area contributed by atoms with E-state index in [2.05, 4.69) is 5.32 Å². The van der Waals surface area contributed by atoms with E-state index in [9.17, 15) is 13.6 Å². The summed E-state index contributed by atoms with van der Waals surface area (Å²) < 4.78 is 33.6. The molecule has 2 aliphatic carbocycles. The van der Waals surface area contributed by atoms with E-state index in [1.807, 2.05) is 48.5 Å². The first-order valence-electron chi connectivity index (χ1n) is 14.5. The molecule has 0 unspecified atom stereocenters. The highest BCUT2D eigenvalue weighted by Crippen LogP contribution is 2.42. The van der Waals surface area contributed by atoms with Crippen molar-refractivity contribution in [1.82, 2.24) is 10.3 Å². The van der Waals surface area contributed by atoms with E-state index in [0.717, 1.165) is 78.6 Å². The van der Waals surface area contributed by atoms with E-state index < -0.39 is 11.6 Å². The molecule has 0 saturated heterocycles. The van der Waals surface area contributed by atoms with Crippen LogP contribution in [0.5, 0.6) is 5.75 Å². The Hall–Kier alpha value is -3.80. The monoisotopic (exact) mass is 540 g/mol. The minimum absolute atomic E-state index is 0.0908. The zero-order valence-corrected chi connectivity index (χ0v) is 22.6. The van der Waals surface area contributed by atoms with Crippen molar-refractivity contribution in [2.24, 2.45) is 0 Å². The Morgan fingerprint density at radius 1 is 0.850 bits per heavy atom. The lowest BCUT2D eigenvalue weighted by atomic mass is 9.79. The smallest absolute Gasteiger partial charge is 0.252 e.